The second-order valence-corrected chi connectivity index (χ2v) is 6.18. The van der Waals surface area contributed by atoms with Crippen molar-refractivity contribution in [3.05, 3.63) is 0 Å². The largest absolute Gasteiger partial charge is 0.391 e. The topological polar surface area (TPSA) is 55.1 Å². The molecule has 110 valence electrons. The third-order valence-corrected chi connectivity index (χ3v) is 4.70. The zero-order chi connectivity index (χ0) is 14.3. The van der Waals surface area contributed by atoms with E-state index in [-0.39, 0.29) is 11.8 Å². The Kier molecular flexibility index (Phi) is 6.76. The maximum Gasteiger partial charge on any atom is 0.223 e. The van der Waals surface area contributed by atoms with E-state index < -0.39 is 5.54 Å². The predicted molar refractivity (Wildman–Crippen MR) is 84.1 cm³/mol. The van der Waals surface area contributed by atoms with Crippen molar-refractivity contribution in [3.63, 3.8) is 0 Å². The first-order valence-corrected chi connectivity index (χ1v) is 8.08. The summed E-state index contributed by atoms with van der Waals surface area (Å²) in [6, 6.07) is 0. The molecule has 1 rings (SSSR count). The summed E-state index contributed by atoms with van der Waals surface area (Å²) >= 11 is 5.22. The number of carbonyl (C=O) groups excluding carboxylic acids is 1. The van der Waals surface area contributed by atoms with Crippen LogP contribution in [0.25, 0.3) is 0 Å². The van der Waals surface area contributed by atoms with Crippen molar-refractivity contribution in [1.82, 2.24) is 5.32 Å². The molecule has 1 saturated carbocycles. The monoisotopic (exact) mass is 284 g/mol. The van der Waals surface area contributed by atoms with Gasteiger partial charge in [-0.1, -0.05) is 58.2 Å². The molecule has 0 aromatic heterocycles. The van der Waals surface area contributed by atoms with Crippen LogP contribution in [0.3, 0.4) is 0 Å². The summed E-state index contributed by atoms with van der Waals surface area (Å²) in [7, 11) is 0. The van der Waals surface area contributed by atoms with E-state index in [2.05, 4.69) is 19.2 Å². The predicted octanol–water partition coefficient (Wildman–Crippen LogP) is 3.31. The van der Waals surface area contributed by atoms with Gasteiger partial charge in [0.15, 0.2) is 0 Å². The first kappa shape index (κ1) is 16.4. The van der Waals surface area contributed by atoms with Gasteiger partial charge in [-0.05, 0) is 25.7 Å². The number of hydrogen-bond donors (Lipinski definition) is 2. The lowest BCUT2D eigenvalue weighted by atomic mass is 9.81. The standard InChI is InChI=1S/C15H28N2OS/c1-3-5-9-12(4-2)13(18)17-15(14(16)19)10-7-6-8-11-15/h12H,3-11H2,1-2H3,(H2,16,19)(H,17,18). The Morgan fingerprint density at radius 1 is 1.32 bits per heavy atom. The maximum absolute atomic E-state index is 12.4. The molecule has 0 aliphatic heterocycles. The highest BCUT2D eigenvalue weighted by atomic mass is 32.1. The summed E-state index contributed by atoms with van der Waals surface area (Å²) in [5.74, 6) is 0.249. The summed E-state index contributed by atoms with van der Waals surface area (Å²) in [4.78, 5) is 12.9. The van der Waals surface area contributed by atoms with Gasteiger partial charge in [0.25, 0.3) is 0 Å². The van der Waals surface area contributed by atoms with Gasteiger partial charge < -0.3 is 11.1 Å². The summed E-state index contributed by atoms with van der Waals surface area (Å²) in [5, 5.41) is 3.19. The van der Waals surface area contributed by atoms with Gasteiger partial charge in [-0.25, -0.2) is 0 Å². The third kappa shape index (κ3) is 4.44. The first-order chi connectivity index (χ1) is 9.05. The van der Waals surface area contributed by atoms with Crippen LogP contribution in [-0.2, 0) is 4.79 Å². The minimum Gasteiger partial charge on any atom is -0.391 e. The SMILES string of the molecule is CCCCC(CC)C(=O)NC1(C(N)=S)CCCCC1. The fourth-order valence-electron chi connectivity index (χ4n) is 2.90. The number of thiocarbonyl (C=S) groups is 1. The third-order valence-electron chi connectivity index (χ3n) is 4.31. The van der Waals surface area contributed by atoms with Crippen molar-refractivity contribution >= 4 is 23.1 Å². The number of rotatable bonds is 7. The number of amides is 1. The second-order valence-electron chi connectivity index (χ2n) is 5.74. The molecule has 1 aliphatic rings. The molecule has 0 aromatic rings. The molecule has 1 fully saturated rings. The van der Waals surface area contributed by atoms with Crippen LogP contribution in [-0.4, -0.2) is 16.4 Å². The van der Waals surface area contributed by atoms with Crippen LogP contribution in [0.2, 0.25) is 0 Å². The summed E-state index contributed by atoms with van der Waals surface area (Å²) in [6.45, 7) is 4.23. The zero-order valence-corrected chi connectivity index (χ0v) is 13.2. The van der Waals surface area contributed by atoms with E-state index in [4.69, 9.17) is 18.0 Å². The lowest BCUT2D eigenvalue weighted by Gasteiger charge is -2.38. The number of hydrogen-bond acceptors (Lipinski definition) is 2. The molecule has 1 unspecified atom stereocenters. The van der Waals surface area contributed by atoms with Crippen molar-refractivity contribution in [3.8, 4) is 0 Å². The molecule has 3 nitrogen and oxygen atoms in total. The van der Waals surface area contributed by atoms with Crippen LogP contribution in [0.15, 0.2) is 0 Å². The van der Waals surface area contributed by atoms with Crippen LogP contribution in [0.1, 0.15) is 71.6 Å². The van der Waals surface area contributed by atoms with E-state index in [1.165, 1.54) is 6.42 Å². The van der Waals surface area contributed by atoms with Crippen molar-refractivity contribution in [1.29, 1.82) is 0 Å². The number of nitrogens with two attached hydrogens (primary N) is 1. The van der Waals surface area contributed by atoms with E-state index >= 15 is 0 Å². The van der Waals surface area contributed by atoms with Crippen LogP contribution in [0.4, 0.5) is 0 Å². The maximum atomic E-state index is 12.4. The lowest BCUT2D eigenvalue weighted by Crippen LogP contribution is -2.58. The van der Waals surface area contributed by atoms with Crippen molar-refractivity contribution in [2.45, 2.75) is 77.2 Å². The van der Waals surface area contributed by atoms with Gasteiger partial charge in [-0.15, -0.1) is 0 Å². The summed E-state index contributed by atoms with van der Waals surface area (Å²) in [5.41, 5.74) is 5.50. The Hall–Kier alpha value is -0.640. The highest BCUT2D eigenvalue weighted by Crippen LogP contribution is 2.29. The zero-order valence-electron chi connectivity index (χ0n) is 12.3. The van der Waals surface area contributed by atoms with Crippen molar-refractivity contribution in [2.24, 2.45) is 11.7 Å². The van der Waals surface area contributed by atoms with Gasteiger partial charge in [0.1, 0.15) is 0 Å². The van der Waals surface area contributed by atoms with Gasteiger partial charge in [0.2, 0.25) is 5.91 Å². The van der Waals surface area contributed by atoms with Gasteiger partial charge in [-0.2, -0.15) is 0 Å². The lowest BCUT2D eigenvalue weighted by molar-refractivity contribution is -0.126. The molecule has 0 spiro atoms. The molecule has 1 atom stereocenters. The van der Waals surface area contributed by atoms with Gasteiger partial charge in [-0.3, -0.25) is 4.79 Å². The molecular formula is C15H28N2OS. The molecule has 1 aliphatic carbocycles. The minimum absolute atomic E-state index is 0.105. The van der Waals surface area contributed by atoms with E-state index in [1.54, 1.807) is 0 Å². The molecule has 0 bridgehead atoms. The summed E-state index contributed by atoms with van der Waals surface area (Å²) < 4.78 is 0. The highest BCUT2D eigenvalue weighted by molar-refractivity contribution is 7.80. The van der Waals surface area contributed by atoms with E-state index in [1.807, 2.05) is 0 Å². The molecule has 0 heterocycles. The van der Waals surface area contributed by atoms with Crippen LogP contribution < -0.4 is 11.1 Å². The van der Waals surface area contributed by atoms with Gasteiger partial charge in [0, 0.05) is 5.92 Å². The Labute approximate surface area is 122 Å². The molecule has 3 N–H and O–H groups in total. The smallest absolute Gasteiger partial charge is 0.223 e. The molecular weight excluding hydrogens is 256 g/mol. The Morgan fingerprint density at radius 3 is 2.42 bits per heavy atom. The second kappa shape index (κ2) is 7.83. The average molecular weight is 284 g/mol. The molecule has 0 saturated heterocycles. The van der Waals surface area contributed by atoms with E-state index in [0.717, 1.165) is 51.4 Å². The molecule has 19 heavy (non-hydrogen) atoms. The molecule has 0 radical (unpaired) electrons. The minimum atomic E-state index is -0.412. The molecule has 4 heteroatoms. The van der Waals surface area contributed by atoms with Crippen LogP contribution >= 0.6 is 12.2 Å². The fraction of sp³-hybridized carbons (Fsp3) is 0.867. The highest BCUT2D eigenvalue weighted by Gasteiger charge is 2.37. The first-order valence-electron chi connectivity index (χ1n) is 7.67. The summed E-state index contributed by atoms with van der Waals surface area (Å²) in [6.07, 6.45) is 9.30. The van der Waals surface area contributed by atoms with Gasteiger partial charge >= 0.3 is 0 Å². The van der Waals surface area contributed by atoms with Crippen LogP contribution in [0.5, 0.6) is 0 Å². The average Bonchev–Trinajstić information content (AvgIpc) is 2.40. The van der Waals surface area contributed by atoms with Crippen molar-refractivity contribution < 1.29 is 4.79 Å². The number of unbranched alkanes of at least 4 members (excludes halogenated alkanes) is 1. The van der Waals surface area contributed by atoms with E-state index in [9.17, 15) is 4.79 Å². The quantitative estimate of drug-likeness (QED) is 0.705. The number of nitrogens with one attached hydrogen (secondary N) is 1. The van der Waals surface area contributed by atoms with Crippen LogP contribution in [0, 0.1) is 5.92 Å². The van der Waals surface area contributed by atoms with Crippen molar-refractivity contribution in [2.75, 3.05) is 0 Å². The Bertz CT molecular complexity index is 311. The van der Waals surface area contributed by atoms with E-state index in [0.29, 0.717) is 4.99 Å². The molecule has 1 amide bonds. The number of carbonyl (C=O) groups is 1. The molecule has 0 aromatic carbocycles. The normalized spacial score (nSPS) is 19.7. The Morgan fingerprint density at radius 2 is 1.95 bits per heavy atom. The Balaban J connectivity index is 2.67. The fourth-order valence-corrected chi connectivity index (χ4v) is 3.15. The van der Waals surface area contributed by atoms with Gasteiger partial charge in [0.05, 0.1) is 10.5 Å².